The summed E-state index contributed by atoms with van der Waals surface area (Å²) in [5.74, 6) is 0.806. The zero-order chi connectivity index (χ0) is 31.8. The standard InChI is InChI=1S/C35H37N5O5/c1-38(24-25-8-5-4-6-9-25)34(42)31-23-28(36-33(41)26-10-7-11-30(22-26)45-3)14-17-32(31)39-18-20-40(21-19-39)35(43)37-27-12-15-29(44-2)16-13-27/h4-17,22-23H,18-21,24H2,1-3H3,(H,36,41)(H,37,43). The van der Waals surface area contributed by atoms with Gasteiger partial charge in [-0.25, -0.2) is 4.79 Å². The van der Waals surface area contributed by atoms with Crippen LogP contribution >= 0.6 is 0 Å². The molecule has 0 saturated carbocycles. The average Bonchev–Trinajstić information content (AvgIpc) is 3.08. The van der Waals surface area contributed by atoms with E-state index in [9.17, 15) is 14.4 Å². The lowest BCUT2D eigenvalue weighted by Gasteiger charge is -2.37. The van der Waals surface area contributed by atoms with E-state index in [4.69, 9.17) is 9.47 Å². The van der Waals surface area contributed by atoms with Gasteiger partial charge in [0.25, 0.3) is 11.8 Å². The Labute approximate surface area is 263 Å². The van der Waals surface area contributed by atoms with Crippen molar-refractivity contribution in [2.75, 3.05) is 63.0 Å². The molecule has 10 heteroatoms. The summed E-state index contributed by atoms with van der Waals surface area (Å²) in [6.45, 7) is 2.45. The fourth-order valence-corrected chi connectivity index (χ4v) is 5.19. The monoisotopic (exact) mass is 607 g/mol. The van der Waals surface area contributed by atoms with E-state index >= 15 is 0 Å². The summed E-state index contributed by atoms with van der Waals surface area (Å²) in [6, 6.07) is 29.0. The predicted octanol–water partition coefficient (Wildman–Crippen LogP) is 5.58. The maximum absolute atomic E-state index is 13.9. The van der Waals surface area contributed by atoms with E-state index in [2.05, 4.69) is 15.5 Å². The second kappa shape index (κ2) is 14.3. The van der Waals surface area contributed by atoms with E-state index in [0.29, 0.717) is 66.7 Å². The van der Waals surface area contributed by atoms with Gasteiger partial charge in [0.2, 0.25) is 0 Å². The number of hydrogen-bond donors (Lipinski definition) is 2. The molecule has 1 aliphatic rings. The molecular formula is C35H37N5O5. The van der Waals surface area contributed by atoms with Crippen molar-refractivity contribution in [2.24, 2.45) is 0 Å². The van der Waals surface area contributed by atoms with Crippen molar-refractivity contribution in [3.05, 3.63) is 114 Å². The van der Waals surface area contributed by atoms with Crippen molar-refractivity contribution in [3.8, 4) is 11.5 Å². The van der Waals surface area contributed by atoms with Gasteiger partial charge in [0.15, 0.2) is 0 Å². The van der Waals surface area contributed by atoms with Crippen molar-refractivity contribution in [2.45, 2.75) is 6.54 Å². The molecule has 2 N–H and O–H groups in total. The van der Waals surface area contributed by atoms with E-state index in [1.54, 1.807) is 91.7 Å². The first-order chi connectivity index (χ1) is 21.8. The van der Waals surface area contributed by atoms with E-state index in [1.807, 2.05) is 36.4 Å². The van der Waals surface area contributed by atoms with Crippen LogP contribution in [0.5, 0.6) is 11.5 Å². The minimum atomic E-state index is -0.311. The smallest absolute Gasteiger partial charge is 0.321 e. The molecule has 1 heterocycles. The molecule has 1 aliphatic heterocycles. The molecule has 0 bridgehead atoms. The first kappa shape index (κ1) is 30.9. The van der Waals surface area contributed by atoms with Crippen LogP contribution in [-0.2, 0) is 6.54 Å². The first-order valence-electron chi connectivity index (χ1n) is 14.7. The number of nitrogens with one attached hydrogen (secondary N) is 2. The molecule has 45 heavy (non-hydrogen) atoms. The van der Waals surface area contributed by atoms with Gasteiger partial charge in [-0.05, 0) is 66.2 Å². The number of carbonyl (C=O) groups excluding carboxylic acids is 3. The highest BCUT2D eigenvalue weighted by Gasteiger charge is 2.26. The van der Waals surface area contributed by atoms with Gasteiger partial charge < -0.3 is 34.8 Å². The van der Waals surface area contributed by atoms with E-state index in [1.165, 1.54) is 0 Å². The molecule has 4 amide bonds. The van der Waals surface area contributed by atoms with Crippen molar-refractivity contribution in [3.63, 3.8) is 0 Å². The molecule has 1 fully saturated rings. The number of anilines is 3. The normalized spacial score (nSPS) is 12.7. The highest BCUT2D eigenvalue weighted by molar-refractivity contribution is 6.06. The lowest BCUT2D eigenvalue weighted by atomic mass is 10.1. The lowest BCUT2D eigenvalue weighted by Crippen LogP contribution is -2.50. The number of benzene rings is 4. The third kappa shape index (κ3) is 7.72. The number of piperazine rings is 1. The Balaban J connectivity index is 1.33. The van der Waals surface area contributed by atoms with Gasteiger partial charge in [0.1, 0.15) is 11.5 Å². The summed E-state index contributed by atoms with van der Waals surface area (Å²) in [6.07, 6.45) is 0. The number of nitrogens with zero attached hydrogens (tertiary/aromatic N) is 3. The summed E-state index contributed by atoms with van der Waals surface area (Å²) in [4.78, 5) is 45.5. The van der Waals surface area contributed by atoms with Crippen LogP contribution in [0.25, 0.3) is 0 Å². The fraction of sp³-hybridized carbons (Fsp3) is 0.229. The SMILES string of the molecule is COc1ccc(NC(=O)N2CCN(c3ccc(NC(=O)c4cccc(OC)c4)cc3C(=O)N(C)Cc3ccccc3)CC2)cc1. The van der Waals surface area contributed by atoms with Crippen LogP contribution in [0.15, 0.2) is 97.1 Å². The molecule has 0 unspecified atom stereocenters. The number of urea groups is 1. The minimum Gasteiger partial charge on any atom is -0.497 e. The molecule has 0 radical (unpaired) electrons. The number of ether oxygens (including phenoxy) is 2. The first-order valence-corrected chi connectivity index (χ1v) is 14.7. The molecule has 1 saturated heterocycles. The number of amides is 4. The van der Waals surface area contributed by atoms with E-state index in [-0.39, 0.29) is 17.8 Å². The molecule has 232 valence electrons. The van der Waals surface area contributed by atoms with E-state index in [0.717, 1.165) is 11.3 Å². The second-order valence-corrected chi connectivity index (χ2v) is 10.7. The summed E-state index contributed by atoms with van der Waals surface area (Å²) >= 11 is 0. The summed E-state index contributed by atoms with van der Waals surface area (Å²) < 4.78 is 10.4. The van der Waals surface area contributed by atoms with Crippen LogP contribution in [-0.4, -0.2) is 75.1 Å². The van der Waals surface area contributed by atoms with Crippen LogP contribution in [0, 0.1) is 0 Å². The van der Waals surface area contributed by atoms with Crippen LogP contribution in [0.3, 0.4) is 0 Å². The summed E-state index contributed by atoms with van der Waals surface area (Å²) in [7, 11) is 4.91. The molecule has 0 aliphatic carbocycles. The maximum atomic E-state index is 13.9. The van der Waals surface area contributed by atoms with Gasteiger partial charge in [0, 0.05) is 62.4 Å². The lowest BCUT2D eigenvalue weighted by molar-refractivity contribution is 0.0785. The Morgan fingerprint density at radius 3 is 2.11 bits per heavy atom. The number of rotatable bonds is 9. The van der Waals surface area contributed by atoms with Crippen LogP contribution < -0.4 is 25.0 Å². The van der Waals surface area contributed by atoms with Gasteiger partial charge in [0.05, 0.1) is 19.8 Å². The quantitative estimate of drug-likeness (QED) is 0.258. The van der Waals surface area contributed by atoms with Crippen LogP contribution in [0.1, 0.15) is 26.3 Å². The Hall–Kier alpha value is -5.51. The Kier molecular flexibility index (Phi) is 9.83. The predicted molar refractivity (Wildman–Crippen MR) is 175 cm³/mol. The molecular weight excluding hydrogens is 570 g/mol. The van der Waals surface area contributed by atoms with Crippen molar-refractivity contribution in [1.29, 1.82) is 0 Å². The molecule has 5 rings (SSSR count). The third-order valence-electron chi connectivity index (χ3n) is 7.67. The van der Waals surface area contributed by atoms with Gasteiger partial charge in [-0.3, -0.25) is 9.59 Å². The minimum absolute atomic E-state index is 0.175. The van der Waals surface area contributed by atoms with Gasteiger partial charge >= 0.3 is 6.03 Å². The third-order valence-corrected chi connectivity index (χ3v) is 7.67. The Morgan fingerprint density at radius 1 is 0.733 bits per heavy atom. The molecule has 4 aromatic rings. The highest BCUT2D eigenvalue weighted by atomic mass is 16.5. The van der Waals surface area contributed by atoms with Gasteiger partial charge in [-0.15, -0.1) is 0 Å². The van der Waals surface area contributed by atoms with Crippen LogP contribution in [0.4, 0.5) is 21.9 Å². The second-order valence-electron chi connectivity index (χ2n) is 10.7. The number of methoxy groups -OCH3 is 2. The summed E-state index contributed by atoms with van der Waals surface area (Å²) in [5.41, 5.74) is 3.85. The molecule has 10 nitrogen and oxygen atoms in total. The van der Waals surface area contributed by atoms with Crippen molar-refractivity contribution >= 4 is 34.9 Å². The largest absolute Gasteiger partial charge is 0.497 e. The van der Waals surface area contributed by atoms with Crippen molar-refractivity contribution in [1.82, 2.24) is 9.80 Å². The Bertz CT molecular complexity index is 1640. The van der Waals surface area contributed by atoms with E-state index < -0.39 is 0 Å². The Morgan fingerprint density at radius 2 is 1.42 bits per heavy atom. The number of hydrogen-bond acceptors (Lipinski definition) is 6. The maximum Gasteiger partial charge on any atom is 0.321 e. The molecule has 0 atom stereocenters. The average molecular weight is 608 g/mol. The summed E-state index contributed by atoms with van der Waals surface area (Å²) in [5, 5.41) is 5.86. The van der Waals surface area contributed by atoms with Crippen molar-refractivity contribution < 1.29 is 23.9 Å². The molecule has 4 aromatic carbocycles. The molecule has 0 aromatic heterocycles. The molecule has 0 spiro atoms. The number of carbonyl (C=O) groups is 3. The van der Waals surface area contributed by atoms with Gasteiger partial charge in [-0.1, -0.05) is 36.4 Å². The zero-order valence-electron chi connectivity index (χ0n) is 25.7. The van der Waals surface area contributed by atoms with Gasteiger partial charge in [-0.2, -0.15) is 0 Å². The van der Waals surface area contributed by atoms with Crippen LogP contribution in [0.2, 0.25) is 0 Å². The topological polar surface area (TPSA) is 103 Å². The fourth-order valence-electron chi connectivity index (χ4n) is 5.19. The zero-order valence-corrected chi connectivity index (χ0v) is 25.7. The highest BCUT2D eigenvalue weighted by Crippen LogP contribution is 2.28.